The van der Waals surface area contributed by atoms with E-state index in [1.54, 1.807) is 58.2 Å². The standard InChI is InChI=1S/C26H23ClN4O2S/c1-17-5-7-18(8-6-17)15-28-25(33)26(2)16-30-22(14-21(29-30)23-4-3-13-34-23)24(32)31(26)20-11-9-19(27)10-12-20/h3-14H,15-16H2,1-2H3,(H,28,33). The fourth-order valence-electron chi connectivity index (χ4n) is 4.20. The number of aryl methyl sites for hydroxylation is 1. The molecule has 8 heteroatoms. The highest BCUT2D eigenvalue weighted by Crippen LogP contribution is 2.35. The fourth-order valence-corrected chi connectivity index (χ4v) is 5.01. The first-order valence-corrected chi connectivity index (χ1v) is 12.2. The molecule has 1 N–H and O–H groups in total. The number of nitrogens with one attached hydrogen (secondary N) is 1. The van der Waals surface area contributed by atoms with Crippen molar-refractivity contribution in [1.29, 1.82) is 0 Å². The molecule has 1 atom stereocenters. The van der Waals surface area contributed by atoms with Crippen molar-refractivity contribution >= 4 is 40.4 Å². The summed E-state index contributed by atoms with van der Waals surface area (Å²) in [6.07, 6.45) is 0. The number of benzene rings is 2. The van der Waals surface area contributed by atoms with Crippen LogP contribution in [0.3, 0.4) is 0 Å². The van der Waals surface area contributed by atoms with Crippen molar-refractivity contribution in [2.45, 2.75) is 32.5 Å². The molecule has 0 spiro atoms. The summed E-state index contributed by atoms with van der Waals surface area (Å²) in [5.41, 5.74) is 2.72. The molecule has 4 aromatic rings. The van der Waals surface area contributed by atoms with Crippen LogP contribution in [0.25, 0.3) is 10.6 Å². The number of thiophene rings is 1. The second kappa shape index (κ2) is 8.74. The Hall–Kier alpha value is -3.42. The molecular formula is C26H23ClN4O2S. The number of nitrogens with zero attached hydrogens (tertiary/aromatic N) is 3. The number of amides is 2. The maximum Gasteiger partial charge on any atom is 0.277 e. The lowest BCUT2D eigenvalue weighted by atomic mass is 9.94. The van der Waals surface area contributed by atoms with E-state index in [0.717, 1.165) is 21.7 Å². The first-order valence-electron chi connectivity index (χ1n) is 10.9. The Balaban J connectivity index is 1.52. The molecule has 2 aromatic carbocycles. The SMILES string of the molecule is Cc1ccc(CNC(=O)C2(C)Cn3nc(-c4cccs4)cc3C(=O)N2c2ccc(Cl)cc2)cc1. The normalized spacial score (nSPS) is 17.5. The average Bonchev–Trinajstić information content (AvgIpc) is 3.50. The topological polar surface area (TPSA) is 67.2 Å². The predicted octanol–water partition coefficient (Wildman–Crippen LogP) is 5.31. The van der Waals surface area contributed by atoms with Crippen LogP contribution >= 0.6 is 22.9 Å². The lowest BCUT2D eigenvalue weighted by Crippen LogP contribution is -2.64. The molecule has 0 saturated heterocycles. The summed E-state index contributed by atoms with van der Waals surface area (Å²) in [5, 5.41) is 10.2. The van der Waals surface area contributed by atoms with Crippen LogP contribution in [0.1, 0.15) is 28.5 Å². The number of hydrogen-bond donors (Lipinski definition) is 1. The van der Waals surface area contributed by atoms with Gasteiger partial charge in [0.25, 0.3) is 5.91 Å². The molecule has 1 aliphatic heterocycles. The van der Waals surface area contributed by atoms with Gasteiger partial charge >= 0.3 is 0 Å². The molecule has 5 rings (SSSR count). The van der Waals surface area contributed by atoms with Crippen molar-refractivity contribution in [3.63, 3.8) is 0 Å². The molecule has 3 heterocycles. The number of anilines is 1. The maximum atomic E-state index is 13.8. The van der Waals surface area contributed by atoms with Gasteiger partial charge in [-0.15, -0.1) is 11.3 Å². The molecule has 6 nitrogen and oxygen atoms in total. The second-order valence-corrected chi connectivity index (χ2v) is 9.99. The Bertz CT molecular complexity index is 1350. The van der Waals surface area contributed by atoms with Crippen molar-refractivity contribution in [3.05, 3.63) is 94.0 Å². The summed E-state index contributed by atoms with van der Waals surface area (Å²) in [6.45, 7) is 4.39. The third kappa shape index (κ3) is 4.02. The van der Waals surface area contributed by atoms with Crippen molar-refractivity contribution < 1.29 is 9.59 Å². The monoisotopic (exact) mass is 490 g/mol. The summed E-state index contributed by atoms with van der Waals surface area (Å²) in [7, 11) is 0. The molecule has 0 aliphatic carbocycles. The highest BCUT2D eigenvalue weighted by atomic mass is 35.5. The summed E-state index contributed by atoms with van der Waals surface area (Å²) >= 11 is 7.65. The number of fused-ring (bicyclic) bond motifs is 1. The van der Waals surface area contributed by atoms with Crippen molar-refractivity contribution in [1.82, 2.24) is 15.1 Å². The molecule has 0 saturated carbocycles. The quantitative estimate of drug-likeness (QED) is 0.412. The molecule has 0 fully saturated rings. The minimum atomic E-state index is -1.19. The van der Waals surface area contributed by atoms with Gasteiger partial charge < -0.3 is 5.32 Å². The average molecular weight is 491 g/mol. The molecular weight excluding hydrogens is 468 g/mol. The second-order valence-electron chi connectivity index (χ2n) is 8.61. The Labute approximate surface area is 206 Å². The summed E-state index contributed by atoms with van der Waals surface area (Å²) in [5.74, 6) is -0.535. The van der Waals surface area contributed by atoms with E-state index in [1.165, 1.54) is 0 Å². The first-order chi connectivity index (χ1) is 16.3. The van der Waals surface area contributed by atoms with Crippen LogP contribution in [-0.2, 0) is 17.9 Å². The number of carbonyl (C=O) groups excluding carboxylic acids is 2. The zero-order valence-corrected chi connectivity index (χ0v) is 20.4. The number of rotatable bonds is 5. The van der Waals surface area contributed by atoms with Gasteiger partial charge in [0.1, 0.15) is 16.9 Å². The fraction of sp³-hybridized carbons (Fsp3) is 0.192. The minimum Gasteiger partial charge on any atom is -0.350 e. The van der Waals surface area contributed by atoms with Crippen LogP contribution in [0.5, 0.6) is 0 Å². The third-order valence-electron chi connectivity index (χ3n) is 6.07. The molecule has 1 unspecified atom stereocenters. The molecule has 2 aromatic heterocycles. The van der Waals surface area contributed by atoms with Crippen LogP contribution in [0.4, 0.5) is 5.69 Å². The molecule has 0 radical (unpaired) electrons. The van der Waals surface area contributed by atoms with Crippen LogP contribution in [-0.4, -0.2) is 27.1 Å². The molecule has 1 aliphatic rings. The molecule has 34 heavy (non-hydrogen) atoms. The lowest BCUT2D eigenvalue weighted by molar-refractivity contribution is -0.126. The van der Waals surface area contributed by atoms with Gasteiger partial charge in [-0.05, 0) is 61.2 Å². The van der Waals surface area contributed by atoms with Crippen LogP contribution in [0.2, 0.25) is 5.02 Å². The highest BCUT2D eigenvalue weighted by molar-refractivity contribution is 7.13. The van der Waals surface area contributed by atoms with E-state index in [-0.39, 0.29) is 18.4 Å². The Morgan fingerprint density at radius 1 is 1.15 bits per heavy atom. The highest BCUT2D eigenvalue weighted by Gasteiger charge is 2.48. The third-order valence-corrected chi connectivity index (χ3v) is 7.22. The van der Waals surface area contributed by atoms with Crippen LogP contribution < -0.4 is 10.2 Å². The number of aromatic nitrogens is 2. The van der Waals surface area contributed by atoms with Crippen molar-refractivity contribution in [3.8, 4) is 10.6 Å². The van der Waals surface area contributed by atoms with Gasteiger partial charge in [0.05, 0.1) is 11.4 Å². The molecule has 172 valence electrons. The van der Waals surface area contributed by atoms with E-state index in [4.69, 9.17) is 11.6 Å². The van der Waals surface area contributed by atoms with Crippen molar-refractivity contribution in [2.24, 2.45) is 0 Å². The number of halogens is 1. The van der Waals surface area contributed by atoms with E-state index < -0.39 is 5.54 Å². The molecule has 0 bridgehead atoms. The van der Waals surface area contributed by atoms with Gasteiger partial charge in [-0.25, -0.2) is 0 Å². The van der Waals surface area contributed by atoms with E-state index in [9.17, 15) is 9.59 Å². The zero-order valence-electron chi connectivity index (χ0n) is 18.8. The summed E-state index contributed by atoms with van der Waals surface area (Å²) in [4.78, 5) is 29.9. The van der Waals surface area contributed by atoms with E-state index in [0.29, 0.717) is 22.9 Å². The smallest absolute Gasteiger partial charge is 0.277 e. The van der Waals surface area contributed by atoms with E-state index >= 15 is 0 Å². The number of hydrogen-bond acceptors (Lipinski definition) is 4. The Kier molecular flexibility index (Phi) is 5.75. The summed E-state index contributed by atoms with van der Waals surface area (Å²) < 4.78 is 1.65. The zero-order chi connectivity index (χ0) is 23.9. The number of carbonyl (C=O) groups is 2. The summed E-state index contributed by atoms with van der Waals surface area (Å²) in [6, 6.07) is 20.7. The lowest BCUT2D eigenvalue weighted by Gasteiger charge is -2.43. The van der Waals surface area contributed by atoms with Gasteiger partial charge in [0.15, 0.2) is 0 Å². The van der Waals surface area contributed by atoms with Gasteiger partial charge in [-0.3, -0.25) is 19.2 Å². The minimum absolute atomic E-state index is 0.224. The van der Waals surface area contributed by atoms with E-state index in [1.807, 2.05) is 48.7 Å². The van der Waals surface area contributed by atoms with Gasteiger partial charge in [0.2, 0.25) is 5.91 Å². The predicted molar refractivity (Wildman–Crippen MR) is 135 cm³/mol. The van der Waals surface area contributed by atoms with Crippen LogP contribution in [0, 0.1) is 6.92 Å². The first kappa shape index (κ1) is 22.4. The largest absolute Gasteiger partial charge is 0.350 e. The van der Waals surface area contributed by atoms with Gasteiger partial charge in [0, 0.05) is 17.3 Å². The maximum absolute atomic E-state index is 13.8. The Morgan fingerprint density at radius 3 is 2.56 bits per heavy atom. The van der Waals surface area contributed by atoms with Crippen LogP contribution in [0.15, 0.2) is 72.1 Å². The van der Waals surface area contributed by atoms with Gasteiger partial charge in [-0.1, -0.05) is 47.5 Å². The Morgan fingerprint density at radius 2 is 1.88 bits per heavy atom. The van der Waals surface area contributed by atoms with Crippen molar-refractivity contribution in [2.75, 3.05) is 4.90 Å². The van der Waals surface area contributed by atoms with E-state index in [2.05, 4.69) is 10.4 Å². The van der Waals surface area contributed by atoms with Gasteiger partial charge in [-0.2, -0.15) is 5.10 Å². The molecule has 2 amide bonds.